The summed E-state index contributed by atoms with van der Waals surface area (Å²) in [6.45, 7) is 2.41. The second kappa shape index (κ2) is 7.42. The molecule has 0 radical (unpaired) electrons. The van der Waals surface area contributed by atoms with E-state index in [1.54, 1.807) is 4.90 Å². The molecule has 1 fully saturated rings. The number of carbonyl (C=O) groups excluding carboxylic acids is 1. The first kappa shape index (κ1) is 18.6. The van der Waals surface area contributed by atoms with Crippen molar-refractivity contribution in [2.24, 2.45) is 0 Å². The number of hydrogen-bond acceptors (Lipinski definition) is 5. The zero-order chi connectivity index (χ0) is 20.7. The number of nitrogens with zero attached hydrogens (tertiary/aromatic N) is 4. The lowest BCUT2D eigenvalue weighted by molar-refractivity contribution is -0.117. The van der Waals surface area contributed by atoms with Crippen molar-refractivity contribution in [3.8, 4) is 22.8 Å². The summed E-state index contributed by atoms with van der Waals surface area (Å²) >= 11 is 6.22. The van der Waals surface area contributed by atoms with Crippen molar-refractivity contribution < 1.29 is 9.32 Å². The molecule has 4 aromatic rings. The SMILES string of the molecule is Cc1ccc(N2CC(c3noc(-c4cc(-c5ccccc5)n[nH]4)n3)CC2=O)cc1Cl. The number of carbonyl (C=O) groups is 1. The summed E-state index contributed by atoms with van der Waals surface area (Å²) in [4.78, 5) is 18.8. The predicted octanol–water partition coefficient (Wildman–Crippen LogP) is 4.61. The van der Waals surface area contributed by atoms with Crippen LogP contribution >= 0.6 is 11.6 Å². The number of anilines is 1. The van der Waals surface area contributed by atoms with Crippen LogP contribution in [0.2, 0.25) is 5.02 Å². The van der Waals surface area contributed by atoms with Crippen molar-refractivity contribution >= 4 is 23.2 Å². The smallest absolute Gasteiger partial charge is 0.275 e. The van der Waals surface area contributed by atoms with E-state index in [1.165, 1.54) is 0 Å². The van der Waals surface area contributed by atoms with E-state index in [0.29, 0.717) is 35.4 Å². The third kappa shape index (κ3) is 3.37. The minimum Gasteiger partial charge on any atom is -0.332 e. The minimum atomic E-state index is -0.147. The fourth-order valence-electron chi connectivity index (χ4n) is 3.58. The largest absolute Gasteiger partial charge is 0.332 e. The number of nitrogens with one attached hydrogen (secondary N) is 1. The van der Waals surface area contributed by atoms with Crippen molar-refractivity contribution in [2.75, 3.05) is 11.4 Å². The molecule has 0 aliphatic carbocycles. The second-order valence-electron chi connectivity index (χ2n) is 7.33. The van der Waals surface area contributed by atoms with E-state index in [2.05, 4.69) is 20.3 Å². The van der Waals surface area contributed by atoms with Crippen LogP contribution in [-0.4, -0.2) is 32.8 Å². The van der Waals surface area contributed by atoms with Gasteiger partial charge < -0.3 is 9.42 Å². The number of rotatable bonds is 4. The highest BCUT2D eigenvalue weighted by atomic mass is 35.5. The van der Waals surface area contributed by atoms with Crippen molar-refractivity contribution in [2.45, 2.75) is 19.3 Å². The number of halogens is 1. The number of benzene rings is 2. The molecular weight excluding hydrogens is 402 g/mol. The lowest BCUT2D eigenvalue weighted by atomic mass is 10.1. The predicted molar refractivity (Wildman–Crippen MR) is 113 cm³/mol. The Hall–Kier alpha value is -3.45. The number of aromatic amines is 1. The minimum absolute atomic E-state index is 0.0131. The summed E-state index contributed by atoms with van der Waals surface area (Å²) in [5.74, 6) is 0.727. The maximum atomic E-state index is 12.6. The lowest BCUT2D eigenvalue weighted by Crippen LogP contribution is -2.24. The Balaban J connectivity index is 1.35. The van der Waals surface area contributed by atoms with Crippen LogP contribution in [0.4, 0.5) is 5.69 Å². The fourth-order valence-corrected chi connectivity index (χ4v) is 3.75. The van der Waals surface area contributed by atoms with Crippen LogP contribution in [0.15, 0.2) is 59.1 Å². The monoisotopic (exact) mass is 419 g/mol. The zero-order valence-electron chi connectivity index (χ0n) is 16.2. The summed E-state index contributed by atoms with van der Waals surface area (Å²) in [5.41, 5.74) is 4.18. The highest BCUT2D eigenvalue weighted by molar-refractivity contribution is 6.31. The Morgan fingerprint density at radius 2 is 2.00 bits per heavy atom. The molecule has 150 valence electrons. The van der Waals surface area contributed by atoms with Crippen LogP contribution < -0.4 is 4.90 Å². The maximum Gasteiger partial charge on any atom is 0.275 e. The second-order valence-corrected chi connectivity index (χ2v) is 7.74. The van der Waals surface area contributed by atoms with Gasteiger partial charge in [0.05, 0.1) is 5.69 Å². The van der Waals surface area contributed by atoms with E-state index in [1.807, 2.05) is 61.5 Å². The van der Waals surface area contributed by atoms with E-state index < -0.39 is 0 Å². The molecule has 30 heavy (non-hydrogen) atoms. The van der Waals surface area contributed by atoms with Gasteiger partial charge in [0.1, 0.15) is 5.69 Å². The molecule has 3 heterocycles. The molecule has 0 spiro atoms. The van der Waals surface area contributed by atoms with Gasteiger partial charge in [-0.05, 0) is 30.7 Å². The third-order valence-corrected chi connectivity index (χ3v) is 5.68. The van der Waals surface area contributed by atoms with E-state index in [-0.39, 0.29) is 11.8 Å². The van der Waals surface area contributed by atoms with Gasteiger partial charge in [0.2, 0.25) is 5.91 Å². The number of aromatic nitrogens is 4. The van der Waals surface area contributed by atoms with E-state index in [9.17, 15) is 4.79 Å². The number of aryl methyl sites for hydroxylation is 1. The van der Waals surface area contributed by atoms with Gasteiger partial charge in [-0.15, -0.1) is 0 Å². The lowest BCUT2D eigenvalue weighted by Gasteiger charge is -2.17. The van der Waals surface area contributed by atoms with Gasteiger partial charge in [0, 0.05) is 35.2 Å². The molecule has 5 rings (SSSR count). The molecule has 1 unspecified atom stereocenters. The van der Waals surface area contributed by atoms with Gasteiger partial charge >= 0.3 is 0 Å². The zero-order valence-corrected chi connectivity index (χ0v) is 16.9. The molecule has 2 aromatic carbocycles. The normalized spacial score (nSPS) is 16.4. The summed E-state index contributed by atoms with van der Waals surface area (Å²) < 4.78 is 5.44. The maximum absolute atomic E-state index is 12.6. The van der Waals surface area contributed by atoms with E-state index in [0.717, 1.165) is 22.5 Å². The number of amides is 1. The van der Waals surface area contributed by atoms with Crippen LogP contribution in [0.25, 0.3) is 22.8 Å². The van der Waals surface area contributed by atoms with E-state index in [4.69, 9.17) is 16.1 Å². The number of hydrogen-bond donors (Lipinski definition) is 1. The summed E-state index contributed by atoms with van der Waals surface area (Å²) in [7, 11) is 0. The Bertz CT molecular complexity index is 1220. The van der Waals surface area contributed by atoms with Gasteiger partial charge in [-0.1, -0.05) is 53.2 Å². The average molecular weight is 420 g/mol. The first-order chi connectivity index (χ1) is 14.6. The highest BCUT2D eigenvalue weighted by Gasteiger charge is 2.35. The molecule has 0 bridgehead atoms. The molecule has 1 N–H and O–H groups in total. The first-order valence-electron chi connectivity index (χ1n) is 9.60. The Kier molecular flexibility index (Phi) is 4.59. The highest BCUT2D eigenvalue weighted by Crippen LogP contribution is 2.33. The van der Waals surface area contributed by atoms with Crippen molar-refractivity contribution in [3.63, 3.8) is 0 Å². The van der Waals surface area contributed by atoms with Crippen LogP contribution in [-0.2, 0) is 4.79 Å². The van der Waals surface area contributed by atoms with Crippen molar-refractivity contribution in [1.29, 1.82) is 0 Å². The summed E-state index contributed by atoms with van der Waals surface area (Å²) in [6.07, 6.45) is 0.322. The van der Waals surface area contributed by atoms with Crippen LogP contribution in [0, 0.1) is 6.92 Å². The molecule has 1 amide bonds. The molecule has 0 saturated carbocycles. The quantitative estimate of drug-likeness (QED) is 0.522. The molecule has 2 aromatic heterocycles. The fraction of sp³-hybridized carbons (Fsp3) is 0.182. The Morgan fingerprint density at radius 1 is 1.17 bits per heavy atom. The molecule has 1 atom stereocenters. The van der Waals surface area contributed by atoms with Gasteiger partial charge in [-0.2, -0.15) is 10.1 Å². The standard InChI is InChI=1S/C22H18ClN5O2/c1-13-7-8-16(10-17(13)23)28-12-15(9-20(28)29)21-24-22(30-27-21)19-11-18(25-26-19)14-5-3-2-4-6-14/h2-8,10-11,15H,9,12H2,1H3,(H,25,26). The van der Waals surface area contributed by atoms with Crippen LogP contribution in [0.1, 0.15) is 23.7 Å². The Morgan fingerprint density at radius 3 is 2.80 bits per heavy atom. The van der Waals surface area contributed by atoms with Crippen molar-refractivity contribution in [3.05, 3.63) is 71.0 Å². The van der Waals surface area contributed by atoms with Crippen LogP contribution in [0.5, 0.6) is 0 Å². The Labute approximate surface area is 177 Å². The summed E-state index contributed by atoms with van der Waals surface area (Å²) in [5, 5.41) is 12.0. The average Bonchev–Trinajstić information content (AvgIpc) is 3.49. The third-order valence-electron chi connectivity index (χ3n) is 5.28. The molecular formula is C22H18ClN5O2. The van der Waals surface area contributed by atoms with Gasteiger partial charge in [-0.3, -0.25) is 9.89 Å². The molecule has 1 saturated heterocycles. The van der Waals surface area contributed by atoms with Gasteiger partial charge in [-0.25, -0.2) is 0 Å². The first-order valence-corrected chi connectivity index (χ1v) is 9.97. The van der Waals surface area contributed by atoms with Gasteiger partial charge in [0.15, 0.2) is 5.82 Å². The topological polar surface area (TPSA) is 87.9 Å². The molecule has 1 aliphatic rings. The van der Waals surface area contributed by atoms with Gasteiger partial charge in [0.25, 0.3) is 5.89 Å². The molecule has 7 nitrogen and oxygen atoms in total. The molecule has 8 heteroatoms. The number of H-pyrrole nitrogens is 1. The van der Waals surface area contributed by atoms with Crippen LogP contribution in [0.3, 0.4) is 0 Å². The van der Waals surface area contributed by atoms with Crippen molar-refractivity contribution in [1.82, 2.24) is 20.3 Å². The van der Waals surface area contributed by atoms with E-state index >= 15 is 0 Å². The molecule has 1 aliphatic heterocycles. The summed E-state index contributed by atoms with van der Waals surface area (Å²) in [6, 6.07) is 17.3.